The van der Waals surface area contributed by atoms with Crippen molar-refractivity contribution >= 4 is 11.8 Å². The summed E-state index contributed by atoms with van der Waals surface area (Å²) >= 11 is 0. The molecule has 25 heavy (non-hydrogen) atoms. The van der Waals surface area contributed by atoms with Gasteiger partial charge in [-0.05, 0) is 20.8 Å². The molecular formula is C19H23N3O3. The lowest BCUT2D eigenvalue weighted by molar-refractivity contribution is -0.00560. The zero-order valence-electron chi connectivity index (χ0n) is 14.8. The second-order valence-corrected chi connectivity index (χ2v) is 6.18. The van der Waals surface area contributed by atoms with Crippen molar-refractivity contribution in [1.29, 1.82) is 0 Å². The maximum atomic E-state index is 12.4. The summed E-state index contributed by atoms with van der Waals surface area (Å²) in [6, 6.07) is 9.73. The van der Waals surface area contributed by atoms with Crippen LogP contribution in [-0.2, 0) is 9.47 Å². The zero-order chi connectivity index (χ0) is 17.8. The molecule has 0 bridgehead atoms. The van der Waals surface area contributed by atoms with Gasteiger partial charge < -0.3 is 14.4 Å². The molecule has 0 saturated carbocycles. The molecule has 0 unspecified atom stereocenters. The molecule has 2 atom stereocenters. The molecule has 0 radical (unpaired) electrons. The zero-order valence-corrected chi connectivity index (χ0v) is 14.8. The summed E-state index contributed by atoms with van der Waals surface area (Å²) in [7, 11) is 0. The van der Waals surface area contributed by atoms with Gasteiger partial charge >= 0.3 is 5.97 Å². The fourth-order valence-corrected chi connectivity index (χ4v) is 3.04. The Morgan fingerprint density at radius 1 is 1.24 bits per heavy atom. The van der Waals surface area contributed by atoms with Crippen LogP contribution in [0.5, 0.6) is 0 Å². The Balaban J connectivity index is 2.03. The molecule has 1 aromatic carbocycles. The van der Waals surface area contributed by atoms with E-state index in [-0.39, 0.29) is 12.2 Å². The number of carbonyl (C=O) groups excluding carboxylic acids is 1. The Morgan fingerprint density at radius 2 is 1.92 bits per heavy atom. The fraction of sp³-hybridized carbons (Fsp3) is 0.421. The fourth-order valence-electron chi connectivity index (χ4n) is 3.04. The van der Waals surface area contributed by atoms with Gasteiger partial charge in [-0.25, -0.2) is 14.8 Å². The topological polar surface area (TPSA) is 64.5 Å². The van der Waals surface area contributed by atoms with E-state index in [4.69, 9.17) is 14.5 Å². The molecule has 1 aliphatic heterocycles. The van der Waals surface area contributed by atoms with E-state index >= 15 is 0 Å². The molecule has 6 nitrogen and oxygen atoms in total. The number of carbonyl (C=O) groups is 1. The smallest absolute Gasteiger partial charge is 0.343 e. The van der Waals surface area contributed by atoms with E-state index in [1.54, 1.807) is 13.1 Å². The van der Waals surface area contributed by atoms with Gasteiger partial charge in [0, 0.05) is 24.8 Å². The molecular weight excluding hydrogens is 318 g/mol. The molecule has 132 valence electrons. The Labute approximate surface area is 147 Å². The third-order valence-electron chi connectivity index (χ3n) is 4.02. The highest BCUT2D eigenvalue weighted by Gasteiger charge is 2.28. The van der Waals surface area contributed by atoms with Crippen molar-refractivity contribution in [2.24, 2.45) is 0 Å². The molecule has 2 aromatic rings. The number of hydrogen-bond donors (Lipinski definition) is 0. The van der Waals surface area contributed by atoms with E-state index in [1.165, 1.54) is 0 Å². The average molecular weight is 341 g/mol. The number of anilines is 1. The summed E-state index contributed by atoms with van der Waals surface area (Å²) < 4.78 is 11.0. The van der Waals surface area contributed by atoms with Crippen LogP contribution in [0.3, 0.4) is 0 Å². The van der Waals surface area contributed by atoms with Crippen LogP contribution in [0.25, 0.3) is 11.4 Å². The largest absolute Gasteiger partial charge is 0.462 e. The van der Waals surface area contributed by atoms with Crippen molar-refractivity contribution in [3.05, 3.63) is 42.1 Å². The average Bonchev–Trinajstić information content (AvgIpc) is 2.61. The third-order valence-corrected chi connectivity index (χ3v) is 4.02. The lowest BCUT2D eigenvalue weighted by atomic mass is 10.1. The van der Waals surface area contributed by atoms with Gasteiger partial charge in [-0.3, -0.25) is 0 Å². The van der Waals surface area contributed by atoms with Crippen LogP contribution in [0.1, 0.15) is 31.1 Å². The first-order valence-electron chi connectivity index (χ1n) is 8.58. The highest BCUT2D eigenvalue weighted by Crippen LogP contribution is 2.26. The summed E-state index contributed by atoms with van der Waals surface area (Å²) in [5, 5.41) is 0. The quantitative estimate of drug-likeness (QED) is 0.797. The normalized spacial score (nSPS) is 20.4. The van der Waals surface area contributed by atoms with Gasteiger partial charge in [0.25, 0.3) is 0 Å². The first-order valence-corrected chi connectivity index (χ1v) is 8.58. The molecule has 1 fully saturated rings. The lowest BCUT2D eigenvalue weighted by Gasteiger charge is -2.36. The molecule has 0 spiro atoms. The lowest BCUT2D eigenvalue weighted by Crippen LogP contribution is -2.46. The van der Waals surface area contributed by atoms with E-state index in [1.807, 2.05) is 44.2 Å². The van der Waals surface area contributed by atoms with Gasteiger partial charge in [0.15, 0.2) is 5.82 Å². The second-order valence-electron chi connectivity index (χ2n) is 6.18. The van der Waals surface area contributed by atoms with Gasteiger partial charge in [0.2, 0.25) is 0 Å². The number of aromatic nitrogens is 2. The number of nitrogens with zero attached hydrogens (tertiary/aromatic N) is 3. The summed E-state index contributed by atoms with van der Waals surface area (Å²) in [4.78, 5) is 23.5. The van der Waals surface area contributed by atoms with E-state index in [9.17, 15) is 4.79 Å². The summed E-state index contributed by atoms with van der Waals surface area (Å²) in [5.74, 6) is 0.800. The van der Waals surface area contributed by atoms with Gasteiger partial charge in [-0.1, -0.05) is 30.3 Å². The molecule has 2 heterocycles. The minimum atomic E-state index is -0.399. The number of hydrogen-bond acceptors (Lipinski definition) is 6. The number of ether oxygens (including phenoxy) is 2. The third kappa shape index (κ3) is 3.96. The monoisotopic (exact) mass is 341 g/mol. The SMILES string of the molecule is CCOC(=O)c1cnc(-c2ccccc2)nc1N1C[C@@H](C)O[C@H](C)C1. The van der Waals surface area contributed by atoms with Crippen LogP contribution in [0.15, 0.2) is 36.5 Å². The Kier molecular flexibility index (Phi) is 5.28. The molecule has 3 rings (SSSR count). The van der Waals surface area contributed by atoms with Crippen LogP contribution >= 0.6 is 0 Å². The molecule has 1 saturated heterocycles. The van der Waals surface area contributed by atoms with Gasteiger partial charge in [-0.2, -0.15) is 0 Å². The van der Waals surface area contributed by atoms with Crippen LogP contribution in [-0.4, -0.2) is 47.8 Å². The van der Waals surface area contributed by atoms with Crippen molar-refractivity contribution in [3.8, 4) is 11.4 Å². The number of benzene rings is 1. The highest BCUT2D eigenvalue weighted by molar-refractivity contribution is 5.94. The molecule has 1 aromatic heterocycles. The molecule has 0 aliphatic carbocycles. The van der Waals surface area contributed by atoms with Crippen LogP contribution < -0.4 is 4.90 Å². The van der Waals surface area contributed by atoms with Crippen molar-refractivity contribution in [2.75, 3.05) is 24.6 Å². The van der Waals surface area contributed by atoms with Crippen molar-refractivity contribution in [1.82, 2.24) is 9.97 Å². The molecule has 1 aliphatic rings. The van der Waals surface area contributed by atoms with E-state index < -0.39 is 5.97 Å². The molecule has 0 N–H and O–H groups in total. The number of morpholine rings is 1. The predicted molar refractivity (Wildman–Crippen MR) is 95.6 cm³/mol. The summed E-state index contributed by atoms with van der Waals surface area (Å²) in [6.45, 7) is 7.48. The van der Waals surface area contributed by atoms with Crippen molar-refractivity contribution in [3.63, 3.8) is 0 Å². The minimum absolute atomic E-state index is 0.0638. The minimum Gasteiger partial charge on any atom is -0.462 e. The Bertz CT molecular complexity index is 726. The highest BCUT2D eigenvalue weighted by atomic mass is 16.5. The maximum Gasteiger partial charge on any atom is 0.343 e. The number of esters is 1. The first kappa shape index (κ1) is 17.4. The van der Waals surface area contributed by atoms with Crippen LogP contribution in [0, 0.1) is 0 Å². The molecule has 6 heteroatoms. The van der Waals surface area contributed by atoms with Crippen LogP contribution in [0.4, 0.5) is 5.82 Å². The molecule has 0 amide bonds. The predicted octanol–water partition coefficient (Wildman–Crippen LogP) is 2.93. The van der Waals surface area contributed by atoms with Gasteiger partial charge in [0.1, 0.15) is 11.4 Å². The second kappa shape index (κ2) is 7.61. The number of rotatable bonds is 4. The van der Waals surface area contributed by atoms with E-state index in [2.05, 4.69) is 9.88 Å². The van der Waals surface area contributed by atoms with E-state index in [0.717, 1.165) is 5.56 Å². The summed E-state index contributed by atoms with van der Waals surface area (Å²) in [5.41, 5.74) is 1.30. The van der Waals surface area contributed by atoms with E-state index in [0.29, 0.717) is 36.9 Å². The standard InChI is InChI=1S/C19H23N3O3/c1-4-24-19(23)16-10-20-17(15-8-6-5-7-9-15)21-18(16)22-11-13(2)25-14(3)12-22/h5-10,13-14H,4,11-12H2,1-3H3/t13-,14-/m1/s1. The summed E-state index contributed by atoms with van der Waals surface area (Å²) in [6.07, 6.45) is 1.69. The Hall–Kier alpha value is -2.47. The van der Waals surface area contributed by atoms with Gasteiger partial charge in [-0.15, -0.1) is 0 Å². The first-order chi connectivity index (χ1) is 12.1. The maximum absolute atomic E-state index is 12.4. The van der Waals surface area contributed by atoms with Crippen molar-refractivity contribution < 1.29 is 14.3 Å². The van der Waals surface area contributed by atoms with Gasteiger partial charge in [0.05, 0.1) is 18.8 Å². The van der Waals surface area contributed by atoms with Crippen molar-refractivity contribution in [2.45, 2.75) is 33.0 Å². The van der Waals surface area contributed by atoms with Crippen LogP contribution in [0.2, 0.25) is 0 Å². The Morgan fingerprint density at radius 3 is 2.56 bits per heavy atom.